The smallest absolute Gasteiger partial charge is 0.0928 e. The summed E-state index contributed by atoms with van der Waals surface area (Å²) < 4.78 is 5.73. The average molecular weight is 371 g/mol. The van der Waals surface area contributed by atoms with Crippen molar-refractivity contribution < 1.29 is 4.74 Å². The molecule has 0 heterocycles. The predicted molar refractivity (Wildman–Crippen MR) is 121 cm³/mol. The van der Waals surface area contributed by atoms with E-state index in [0.717, 1.165) is 36.3 Å². The van der Waals surface area contributed by atoms with Crippen molar-refractivity contribution in [3.63, 3.8) is 0 Å². The van der Waals surface area contributed by atoms with Crippen LogP contribution in [0.15, 0.2) is 99.9 Å². The third-order valence-electron chi connectivity index (χ3n) is 4.31. The zero-order valence-corrected chi connectivity index (χ0v) is 17.7. The predicted octanol–water partition coefficient (Wildman–Crippen LogP) is 7.12. The van der Waals surface area contributed by atoms with Gasteiger partial charge in [0.15, 0.2) is 0 Å². The van der Waals surface area contributed by atoms with E-state index in [9.17, 15) is 0 Å². The maximum Gasteiger partial charge on any atom is 0.0928 e. The van der Waals surface area contributed by atoms with Crippen molar-refractivity contribution in [1.82, 2.24) is 0 Å². The molecule has 0 rings (SSSR count). The van der Waals surface area contributed by atoms with E-state index in [0.29, 0.717) is 0 Å². The van der Waals surface area contributed by atoms with Gasteiger partial charge in [-0.3, -0.25) is 0 Å². The number of hydrogen-bond donors (Lipinski definition) is 0. The minimum Gasteiger partial charge on any atom is -0.474 e. The van der Waals surface area contributed by atoms with Crippen LogP contribution < -0.4 is 0 Å². The van der Waals surface area contributed by atoms with Crippen LogP contribution in [0.4, 0.5) is 0 Å². The maximum absolute atomic E-state index is 5.73. The van der Waals surface area contributed by atoms with Crippen molar-refractivity contribution >= 4 is 16.1 Å². The van der Waals surface area contributed by atoms with Gasteiger partial charge in [-0.1, -0.05) is 47.9 Å². The molecule has 0 saturated heterocycles. The molecule has 0 radical (unpaired) electrons. The second-order valence-electron chi connectivity index (χ2n) is 6.42. The lowest BCUT2D eigenvalue weighted by molar-refractivity contribution is 0.404. The van der Waals surface area contributed by atoms with Crippen molar-refractivity contribution in [2.45, 2.75) is 36.3 Å². The summed E-state index contributed by atoms with van der Waals surface area (Å²) in [6.45, 7) is 23.4. The summed E-state index contributed by atoms with van der Waals surface area (Å²) in [6.07, 6.45) is 15.6. The molecule has 25 heavy (non-hydrogen) atoms. The Bertz CT molecular complexity index is 415. The molecular weight excluding hydrogens is 336 g/mol. The van der Waals surface area contributed by atoms with E-state index in [1.807, 2.05) is 49.0 Å². The zero-order chi connectivity index (χ0) is 19.0. The Balaban J connectivity index is 5.15. The third kappa shape index (κ3) is 8.70. The molecular formula is C22H34OSi2. The van der Waals surface area contributed by atoms with E-state index in [2.05, 4.69) is 50.9 Å². The molecule has 0 unspecified atom stereocenters. The molecule has 1 nitrogen and oxygen atoms in total. The van der Waals surface area contributed by atoms with Gasteiger partial charge < -0.3 is 4.74 Å². The number of hydrogen-bond acceptors (Lipinski definition) is 1. The molecule has 0 atom stereocenters. The molecule has 136 valence electrons. The number of ether oxygens (including phenoxy) is 1. The van der Waals surface area contributed by atoms with Crippen molar-refractivity contribution in [2.24, 2.45) is 0 Å². The summed E-state index contributed by atoms with van der Waals surface area (Å²) in [5.41, 5.74) is 4.47. The van der Waals surface area contributed by atoms with Crippen LogP contribution in [0.2, 0.25) is 36.3 Å². The van der Waals surface area contributed by atoms with E-state index in [-0.39, 0.29) is 0 Å². The molecule has 0 bridgehead atoms. The minimum absolute atomic E-state index is 0.997. The van der Waals surface area contributed by atoms with Gasteiger partial charge in [-0.05, 0) is 36.3 Å². The Labute approximate surface area is 157 Å². The lowest BCUT2D eigenvalue weighted by Gasteiger charge is -2.25. The highest BCUT2D eigenvalue weighted by Gasteiger charge is 2.27. The Morgan fingerprint density at radius 2 is 0.720 bits per heavy atom. The Hall–Kier alpha value is -1.85. The minimum atomic E-state index is -1.67. The molecule has 0 fully saturated rings. The van der Waals surface area contributed by atoms with Crippen LogP contribution in [0, 0.1) is 0 Å². The van der Waals surface area contributed by atoms with Crippen LogP contribution >= 0.6 is 0 Å². The fraction of sp³-hybridized carbons (Fsp3) is 0.273. The molecule has 0 aliphatic heterocycles. The standard InChI is InChI=1S/C22H34OSi2/c1-7-15-24(16-8-2,17-9-3)21-13-23-14-22-25(18-10-4,19-11-5)20-12-6/h7-14,21-22H,1-6,15-20H2. The van der Waals surface area contributed by atoms with Gasteiger partial charge in [-0.2, -0.15) is 0 Å². The van der Waals surface area contributed by atoms with Crippen LogP contribution in [-0.4, -0.2) is 16.1 Å². The summed E-state index contributed by atoms with van der Waals surface area (Å²) in [7, 11) is -3.34. The van der Waals surface area contributed by atoms with Crippen molar-refractivity contribution in [2.75, 3.05) is 0 Å². The van der Waals surface area contributed by atoms with Crippen LogP contribution in [0.1, 0.15) is 0 Å². The first-order valence-electron chi connectivity index (χ1n) is 8.74. The monoisotopic (exact) mass is 370 g/mol. The molecule has 0 aromatic carbocycles. The van der Waals surface area contributed by atoms with Gasteiger partial charge in [0.1, 0.15) is 0 Å². The van der Waals surface area contributed by atoms with Gasteiger partial charge in [0.25, 0.3) is 0 Å². The van der Waals surface area contributed by atoms with Crippen molar-refractivity contribution in [3.05, 3.63) is 99.9 Å². The molecule has 0 amide bonds. The quantitative estimate of drug-likeness (QED) is 0.160. The van der Waals surface area contributed by atoms with Gasteiger partial charge in [-0.15, -0.1) is 39.5 Å². The van der Waals surface area contributed by atoms with E-state index >= 15 is 0 Å². The lowest BCUT2D eigenvalue weighted by Crippen LogP contribution is -2.30. The molecule has 0 aromatic rings. The summed E-state index contributed by atoms with van der Waals surface area (Å²) in [4.78, 5) is 0. The number of allylic oxidation sites excluding steroid dienone is 6. The highest BCUT2D eigenvalue weighted by atomic mass is 28.3. The van der Waals surface area contributed by atoms with Crippen molar-refractivity contribution in [1.29, 1.82) is 0 Å². The first kappa shape index (κ1) is 23.2. The van der Waals surface area contributed by atoms with E-state index in [1.165, 1.54) is 0 Å². The molecule has 3 heteroatoms. The van der Waals surface area contributed by atoms with Crippen LogP contribution in [0.25, 0.3) is 0 Å². The molecule has 0 aliphatic rings. The van der Waals surface area contributed by atoms with Gasteiger partial charge >= 0.3 is 0 Å². The van der Waals surface area contributed by atoms with Gasteiger partial charge in [-0.25, -0.2) is 0 Å². The third-order valence-corrected chi connectivity index (χ3v) is 12.6. The molecule has 0 aromatic heterocycles. The highest BCUT2D eigenvalue weighted by Crippen LogP contribution is 2.26. The van der Waals surface area contributed by atoms with Crippen molar-refractivity contribution in [3.8, 4) is 0 Å². The Morgan fingerprint density at radius 3 is 0.920 bits per heavy atom. The largest absolute Gasteiger partial charge is 0.474 e. The normalized spacial score (nSPS) is 12.0. The summed E-state index contributed by atoms with van der Waals surface area (Å²) in [5.74, 6) is 0. The zero-order valence-electron chi connectivity index (χ0n) is 15.7. The highest BCUT2D eigenvalue weighted by molar-refractivity contribution is 6.86. The fourth-order valence-corrected chi connectivity index (χ4v) is 9.05. The first-order valence-corrected chi connectivity index (χ1v) is 14.1. The Kier molecular flexibility index (Phi) is 12.5. The first-order chi connectivity index (χ1) is 12.1. The summed E-state index contributed by atoms with van der Waals surface area (Å²) >= 11 is 0. The second kappa shape index (κ2) is 13.4. The van der Waals surface area contributed by atoms with E-state index in [1.54, 1.807) is 0 Å². The average Bonchev–Trinajstić information content (AvgIpc) is 2.56. The molecule has 0 saturated carbocycles. The summed E-state index contributed by atoms with van der Waals surface area (Å²) in [5, 5.41) is 0. The van der Waals surface area contributed by atoms with Gasteiger partial charge in [0.05, 0.1) is 28.7 Å². The van der Waals surface area contributed by atoms with E-state index < -0.39 is 16.1 Å². The van der Waals surface area contributed by atoms with Crippen LogP contribution in [-0.2, 0) is 4.74 Å². The van der Waals surface area contributed by atoms with Gasteiger partial charge in [0.2, 0.25) is 0 Å². The lowest BCUT2D eigenvalue weighted by atomic mass is 10.7. The van der Waals surface area contributed by atoms with Crippen LogP contribution in [0.5, 0.6) is 0 Å². The molecule has 0 spiro atoms. The summed E-state index contributed by atoms with van der Waals surface area (Å²) in [6, 6.07) is 5.98. The topological polar surface area (TPSA) is 9.23 Å². The van der Waals surface area contributed by atoms with E-state index in [4.69, 9.17) is 4.74 Å². The van der Waals surface area contributed by atoms with Gasteiger partial charge in [0, 0.05) is 0 Å². The number of rotatable bonds is 16. The second-order valence-corrected chi connectivity index (χ2v) is 15.0. The SMILES string of the molecule is C=CC[Si](C=COC=C[Si](CC=C)(CC=C)CC=C)(CC=C)CC=C. The fourth-order valence-electron chi connectivity index (χ4n) is 3.05. The van der Waals surface area contributed by atoms with Crippen LogP contribution in [0.3, 0.4) is 0 Å². The molecule has 0 N–H and O–H groups in total. The maximum atomic E-state index is 5.73. The molecule has 0 aliphatic carbocycles. The Morgan fingerprint density at radius 1 is 0.480 bits per heavy atom.